The van der Waals surface area contributed by atoms with Crippen LogP contribution < -0.4 is 9.62 Å². The van der Waals surface area contributed by atoms with Crippen LogP contribution in [0, 0.1) is 5.82 Å². The number of carbonyl (C=O) groups is 2. The van der Waals surface area contributed by atoms with Gasteiger partial charge in [0.25, 0.3) is 10.0 Å². The maximum Gasteiger partial charge on any atom is 0.264 e. The van der Waals surface area contributed by atoms with E-state index in [1.165, 1.54) is 55.5 Å². The smallest absolute Gasteiger partial charge is 0.264 e. The molecule has 0 unspecified atom stereocenters. The second-order valence-electron chi connectivity index (χ2n) is 8.10. The third-order valence-electron chi connectivity index (χ3n) is 5.60. The van der Waals surface area contributed by atoms with Crippen LogP contribution in [0.3, 0.4) is 0 Å². The molecule has 11 heteroatoms. The molecule has 0 aromatic heterocycles. The lowest BCUT2D eigenvalue weighted by Gasteiger charge is -2.32. The van der Waals surface area contributed by atoms with Crippen molar-refractivity contribution in [3.63, 3.8) is 0 Å². The summed E-state index contributed by atoms with van der Waals surface area (Å²) in [5.41, 5.74) is 0.160. The van der Waals surface area contributed by atoms with E-state index in [4.69, 9.17) is 23.2 Å². The average Bonchev–Trinajstić information content (AvgIpc) is 2.88. The standard InChI is InChI=1S/C26H26Cl2FN3O4S/c1-3-30-26(34)18(2)31(16-19-9-7-8-12-23(19)29)25(33)17-32(24-15-20(27)13-14-22(24)28)37(35,36)21-10-5-4-6-11-21/h4-15,18H,3,16-17H2,1-2H3,(H,30,34)/t18-/m0/s1. The molecule has 0 saturated heterocycles. The van der Waals surface area contributed by atoms with Crippen LogP contribution in [0.25, 0.3) is 0 Å². The Balaban J connectivity index is 2.07. The van der Waals surface area contributed by atoms with Crippen molar-refractivity contribution in [3.05, 3.63) is 94.2 Å². The van der Waals surface area contributed by atoms with Crippen molar-refractivity contribution in [3.8, 4) is 0 Å². The van der Waals surface area contributed by atoms with Crippen LogP contribution >= 0.6 is 23.2 Å². The first kappa shape index (κ1) is 28.4. The lowest BCUT2D eigenvalue weighted by atomic mass is 10.1. The maximum atomic E-state index is 14.5. The number of nitrogens with zero attached hydrogens (tertiary/aromatic N) is 2. The highest BCUT2D eigenvalue weighted by Gasteiger charge is 2.33. The summed E-state index contributed by atoms with van der Waals surface area (Å²) in [5, 5.41) is 2.90. The Labute approximate surface area is 225 Å². The SMILES string of the molecule is CCNC(=O)[C@H](C)N(Cc1ccccc1F)C(=O)CN(c1cc(Cl)ccc1Cl)S(=O)(=O)c1ccccc1. The van der Waals surface area contributed by atoms with E-state index < -0.39 is 40.2 Å². The Kier molecular flexibility index (Phi) is 9.53. The fraction of sp³-hybridized carbons (Fsp3) is 0.231. The minimum Gasteiger partial charge on any atom is -0.355 e. The van der Waals surface area contributed by atoms with Crippen LogP contribution in [0.1, 0.15) is 19.4 Å². The Morgan fingerprint density at radius 3 is 2.30 bits per heavy atom. The van der Waals surface area contributed by atoms with Crippen LogP contribution in [0.2, 0.25) is 10.0 Å². The number of likely N-dealkylation sites (N-methyl/N-ethyl adjacent to an activating group) is 1. The molecule has 2 amide bonds. The first-order valence-corrected chi connectivity index (χ1v) is 13.6. The molecule has 0 aliphatic heterocycles. The fourth-order valence-electron chi connectivity index (χ4n) is 3.62. The minimum absolute atomic E-state index is 0.0112. The highest BCUT2D eigenvalue weighted by molar-refractivity contribution is 7.92. The Bertz CT molecular complexity index is 1370. The van der Waals surface area contributed by atoms with Gasteiger partial charge in [-0.15, -0.1) is 0 Å². The number of hydrogen-bond donors (Lipinski definition) is 1. The molecule has 3 aromatic carbocycles. The van der Waals surface area contributed by atoms with E-state index in [1.807, 2.05) is 0 Å². The van der Waals surface area contributed by atoms with Crippen LogP contribution in [-0.2, 0) is 26.2 Å². The van der Waals surface area contributed by atoms with Crippen molar-refractivity contribution in [1.29, 1.82) is 0 Å². The fourth-order valence-corrected chi connectivity index (χ4v) is 5.51. The third-order valence-corrected chi connectivity index (χ3v) is 7.93. The van der Waals surface area contributed by atoms with E-state index >= 15 is 0 Å². The quantitative estimate of drug-likeness (QED) is 0.379. The number of anilines is 1. The molecule has 0 fully saturated rings. The van der Waals surface area contributed by atoms with E-state index in [0.717, 1.165) is 9.21 Å². The van der Waals surface area contributed by atoms with Crippen LogP contribution in [-0.4, -0.2) is 44.3 Å². The summed E-state index contributed by atoms with van der Waals surface area (Å²) in [6.45, 7) is 2.56. The van der Waals surface area contributed by atoms with Crippen molar-refractivity contribution in [2.75, 3.05) is 17.4 Å². The summed E-state index contributed by atoms with van der Waals surface area (Å²) in [4.78, 5) is 27.4. The predicted molar refractivity (Wildman–Crippen MR) is 143 cm³/mol. The van der Waals surface area contributed by atoms with Crippen molar-refractivity contribution in [1.82, 2.24) is 10.2 Å². The molecular weight excluding hydrogens is 540 g/mol. The molecule has 196 valence electrons. The molecule has 1 N–H and O–H groups in total. The zero-order valence-electron chi connectivity index (χ0n) is 20.2. The molecule has 3 rings (SSSR count). The summed E-state index contributed by atoms with van der Waals surface area (Å²) in [7, 11) is -4.29. The number of nitrogens with one attached hydrogen (secondary N) is 1. The van der Waals surface area contributed by atoms with E-state index in [9.17, 15) is 22.4 Å². The normalized spacial score (nSPS) is 12.0. The van der Waals surface area contributed by atoms with Gasteiger partial charge in [0.1, 0.15) is 18.4 Å². The zero-order valence-corrected chi connectivity index (χ0v) is 22.5. The summed E-state index contributed by atoms with van der Waals surface area (Å²) >= 11 is 12.5. The van der Waals surface area contributed by atoms with Gasteiger partial charge < -0.3 is 10.2 Å². The Morgan fingerprint density at radius 2 is 1.65 bits per heavy atom. The number of rotatable bonds is 10. The van der Waals surface area contributed by atoms with Gasteiger partial charge in [0.2, 0.25) is 11.8 Å². The highest BCUT2D eigenvalue weighted by atomic mass is 35.5. The summed E-state index contributed by atoms with van der Waals surface area (Å²) in [6, 6.07) is 16.6. The van der Waals surface area contributed by atoms with Gasteiger partial charge in [-0.2, -0.15) is 0 Å². The predicted octanol–water partition coefficient (Wildman–Crippen LogP) is 4.88. The van der Waals surface area contributed by atoms with Gasteiger partial charge in [0.15, 0.2) is 0 Å². The van der Waals surface area contributed by atoms with Crippen LogP contribution in [0.4, 0.5) is 10.1 Å². The van der Waals surface area contributed by atoms with E-state index in [2.05, 4.69) is 5.32 Å². The number of carbonyl (C=O) groups excluding carboxylic acids is 2. The van der Waals surface area contributed by atoms with E-state index in [1.54, 1.807) is 31.2 Å². The molecular formula is C26H26Cl2FN3O4S. The van der Waals surface area contributed by atoms with Gasteiger partial charge >= 0.3 is 0 Å². The summed E-state index contributed by atoms with van der Waals surface area (Å²) < 4.78 is 42.7. The number of benzene rings is 3. The average molecular weight is 566 g/mol. The Morgan fingerprint density at radius 1 is 1.00 bits per heavy atom. The van der Waals surface area contributed by atoms with Gasteiger partial charge in [-0.3, -0.25) is 13.9 Å². The molecule has 1 atom stereocenters. The molecule has 7 nitrogen and oxygen atoms in total. The van der Waals surface area contributed by atoms with Crippen molar-refractivity contribution < 1.29 is 22.4 Å². The topological polar surface area (TPSA) is 86.8 Å². The second-order valence-corrected chi connectivity index (χ2v) is 10.8. The first-order chi connectivity index (χ1) is 17.6. The van der Waals surface area contributed by atoms with E-state index in [0.29, 0.717) is 6.54 Å². The molecule has 0 spiro atoms. The maximum absolute atomic E-state index is 14.5. The largest absolute Gasteiger partial charge is 0.355 e. The van der Waals surface area contributed by atoms with Gasteiger partial charge in [-0.25, -0.2) is 12.8 Å². The minimum atomic E-state index is -4.29. The molecule has 0 heterocycles. The van der Waals surface area contributed by atoms with Gasteiger partial charge in [-0.05, 0) is 50.2 Å². The lowest BCUT2D eigenvalue weighted by molar-refractivity contribution is -0.139. The second kappa shape index (κ2) is 12.4. The third kappa shape index (κ3) is 6.80. The highest BCUT2D eigenvalue weighted by Crippen LogP contribution is 2.33. The van der Waals surface area contributed by atoms with Crippen LogP contribution in [0.15, 0.2) is 77.7 Å². The molecule has 0 aliphatic rings. The van der Waals surface area contributed by atoms with Crippen molar-refractivity contribution in [2.45, 2.75) is 31.3 Å². The lowest BCUT2D eigenvalue weighted by Crippen LogP contribution is -2.51. The molecule has 0 saturated carbocycles. The summed E-state index contributed by atoms with van der Waals surface area (Å²) in [5.74, 6) is -1.77. The molecule has 0 bridgehead atoms. The molecule has 0 aliphatic carbocycles. The van der Waals surface area contributed by atoms with Crippen LogP contribution in [0.5, 0.6) is 0 Å². The van der Waals surface area contributed by atoms with Gasteiger partial charge in [0.05, 0.1) is 15.6 Å². The van der Waals surface area contributed by atoms with Crippen molar-refractivity contribution >= 4 is 50.7 Å². The first-order valence-electron chi connectivity index (χ1n) is 11.4. The van der Waals surface area contributed by atoms with Gasteiger partial charge in [0, 0.05) is 23.7 Å². The number of halogens is 3. The number of hydrogen-bond acceptors (Lipinski definition) is 4. The molecule has 3 aromatic rings. The van der Waals surface area contributed by atoms with Crippen molar-refractivity contribution in [2.24, 2.45) is 0 Å². The zero-order chi connectivity index (χ0) is 27.2. The van der Waals surface area contributed by atoms with Gasteiger partial charge in [-0.1, -0.05) is 59.6 Å². The molecule has 0 radical (unpaired) electrons. The summed E-state index contributed by atoms with van der Waals surface area (Å²) in [6.07, 6.45) is 0. The number of sulfonamides is 1. The Hall–Kier alpha value is -3.14. The monoisotopic (exact) mass is 565 g/mol. The molecule has 37 heavy (non-hydrogen) atoms. The number of amides is 2. The van der Waals surface area contributed by atoms with E-state index in [-0.39, 0.29) is 32.7 Å².